The van der Waals surface area contributed by atoms with E-state index in [0.29, 0.717) is 6.04 Å². The maximum Gasteiger partial charge on any atom is 0.142 e. The Bertz CT molecular complexity index is 415. The second kappa shape index (κ2) is 7.78. The predicted molar refractivity (Wildman–Crippen MR) is 86.9 cm³/mol. The molecule has 1 aliphatic rings. The van der Waals surface area contributed by atoms with E-state index in [1.165, 1.54) is 32.1 Å². The van der Waals surface area contributed by atoms with Gasteiger partial charge in [-0.2, -0.15) is 0 Å². The molecule has 0 saturated heterocycles. The van der Waals surface area contributed by atoms with Crippen molar-refractivity contribution in [2.24, 2.45) is 5.92 Å². The zero-order valence-corrected chi connectivity index (χ0v) is 13.4. The molecule has 1 aliphatic carbocycles. The second-order valence-electron chi connectivity index (χ2n) is 5.82. The van der Waals surface area contributed by atoms with Crippen molar-refractivity contribution in [3.63, 3.8) is 0 Å². The van der Waals surface area contributed by atoms with Crippen LogP contribution in [0, 0.1) is 5.92 Å². The normalized spacial score (nSPS) is 17.8. The molecule has 0 bridgehead atoms. The summed E-state index contributed by atoms with van der Waals surface area (Å²) in [4.78, 5) is 0. The first-order valence-corrected chi connectivity index (χ1v) is 8.27. The van der Waals surface area contributed by atoms with Gasteiger partial charge in [0.15, 0.2) is 0 Å². The minimum atomic E-state index is 0.470. The lowest BCUT2D eigenvalue weighted by atomic mass is 9.84. The highest BCUT2D eigenvalue weighted by Gasteiger charge is 2.20. The molecule has 0 heterocycles. The van der Waals surface area contributed by atoms with Crippen molar-refractivity contribution in [2.75, 3.05) is 11.9 Å². The van der Waals surface area contributed by atoms with Crippen LogP contribution in [0.1, 0.15) is 52.4 Å². The van der Waals surface area contributed by atoms with Crippen molar-refractivity contribution in [2.45, 2.75) is 58.4 Å². The molecule has 3 heteroatoms. The van der Waals surface area contributed by atoms with Crippen LogP contribution in [-0.4, -0.2) is 12.6 Å². The summed E-state index contributed by atoms with van der Waals surface area (Å²) in [6, 6.07) is 6.31. The summed E-state index contributed by atoms with van der Waals surface area (Å²) in [6.07, 6.45) is 7.81. The average molecular weight is 296 g/mol. The van der Waals surface area contributed by atoms with Gasteiger partial charge in [0.1, 0.15) is 5.75 Å². The Morgan fingerprint density at radius 2 is 2.05 bits per heavy atom. The first-order valence-electron chi connectivity index (χ1n) is 7.89. The van der Waals surface area contributed by atoms with Gasteiger partial charge in [-0.25, -0.2) is 0 Å². The molecular weight excluding hydrogens is 270 g/mol. The molecule has 1 saturated carbocycles. The molecule has 1 atom stereocenters. The van der Waals surface area contributed by atoms with E-state index in [0.717, 1.165) is 35.4 Å². The first-order chi connectivity index (χ1) is 9.70. The summed E-state index contributed by atoms with van der Waals surface area (Å²) >= 11 is 6.12. The van der Waals surface area contributed by atoms with E-state index in [1.807, 2.05) is 18.2 Å². The monoisotopic (exact) mass is 295 g/mol. The molecule has 0 radical (unpaired) electrons. The SMILES string of the molecule is CCCOc1ccc(Cl)cc1NC(C)C1CCCCC1. The fourth-order valence-electron chi connectivity index (χ4n) is 2.95. The van der Waals surface area contributed by atoms with Crippen LogP contribution in [0.15, 0.2) is 18.2 Å². The molecule has 0 amide bonds. The van der Waals surface area contributed by atoms with Gasteiger partial charge in [-0.05, 0) is 50.3 Å². The Kier molecular flexibility index (Phi) is 6.03. The molecular formula is C17H26ClNO. The first kappa shape index (κ1) is 15.5. The third-order valence-electron chi connectivity index (χ3n) is 4.14. The fourth-order valence-corrected chi connectivity index (χ4v) is 3.12. The number of hydrogen-bond acceptors (Lipinski definition) is 2. The quantitative estimate of drug-likeness (QED) is 0.747. The summed E-state index contributed by atoms with van der Waals surface area (Å²) in [5.74, 6) is 1.68. The van der Waals surface area contributed by atoms with Gasteiger partial charge in [-0.15, -0.1) is 0 Å². The summed E-state index contributed by atoms with van der Waals surface area (Å²) in [7, 11) is 0. The zero-order chi connectivity index (χ0) is 14.4. The average Bonchev–Trinajstić information content (AvgIpc) is 2.47. The van der Waals surface area contributed by atoms with Gasteiger partial charge in [0.05, 0.1) is 12.3 Å². The van der Waals surface area contributed by atoms with Gasteiger partial charge in [0.2, 0.25) is 0 Å². The molecule has 1 aromatic rings. The summed E-state index contributed by atoms with van der Waals surface area (Å²) in [6.45, 7) is 5.14. The largest absolute Gasteiger partial charge is 0.491 e. The molecule has 1 fully saturated rings. The minimum Gasteiger partial charge on any atom is -0.491 e. The van der Waals surface area contributed by atoms with E-state index in [-0.39, 0.29) is 0 Å². The molecule has 2 nitrogen and oxygen atoms in total. The lowest BCUT2D eigenvalue weighted by molar-refractivity contribution is 0.313. The van der Waals surface area contributed by atoms with Gasteiger partial charge in [0, 0.05) is 11.1 Å². The number of benzene rings is 1. The van der Waals surface area contributed by atoms with E-state index in [9.17, 15) is 0 Å². The molecule has 1 unspecified atom stereocenters. The molecule has 0 spiro atoms. The van der Waals surface area contributed by atoms with Crippen molar-refractivity contribution in [1.82, 2.24) is 0 Å². The van der Waals surface area contributed by atoms with E-state index < -0.39 is 0 Å². The molecule has 0 aromatic heterocycles. The third-order valence-corrected chi connectivity index (χ3v) is 4.38. The van der Waals surface area contributed by atoms with Crippen LogP contribution < -0.4 is 10.1 Å². The van der Waals surface area contributed by atoms with Crippen molar-refractivity contribution in [1.29, 1.82) is 0 Å². The molecule has 1 N–H and O–H groups in total. The lowest BCUT2D eigenvalue weighted by Gasteiger charge is -2.29. The topological polar surface area (TPSA) is 21.3 Å². The maximum absolute atomic E-state index is 6.12. The highest BCUT2D eigenvalue weighted by atomic mass is 35.5. The van der Waals surface area contributed by atoms with E-state index >= 15 is 0 Å². The van der Waals surface area contributed by atoms with Gasteiger partial charge < -0.3 is 10.1 Å². The van der Waals surface area contributed by atoms with Gasteiger partial charge in [0.25, 0.3) is 0 Å². The van der Waals surface area contributed by atoms with Crippen molar-refractivity contribution < 1.29 is 4.74 Å². The molecule has 2 rings (SSSR count). The van der Waals surface area contributed by atoms with Crippen LogP contribution >= 0.6 is 11.6 Å². The Hall–Kier alpha value is -0.890. The number of ether oxygens (including phenoxy) is 1. The standard InChI is InChI=1S/C17H26ClNO/c1-3-11-20-17-10-9-15(18)12-16(17)19-13(2)14-7-5-4-6-8-14/h9-10,12-14,19H,3-8,11H2,1-2H3. The van der Waals surface area contributed by atoms with Crippen LogP contribution in [0.4, 0.5) is 5.69 Å². The Morgan fingerprint density at radius 3 is 2.75 bits per heavy atom. The Morgan fingerprint density at radius 1 is 1.30 bits per heavy atom. The third kappa shape index (κ3) is 4.31. The number of rotatable bonds is 6. The Balaban J connectivity index is 2.04. The maximum atomic E-state index is 6.12. The fraction of sp³-hybridized carbons (Fsp3) is 0.647. The van der Waals surface area contributed by atoms with Crippen molar-refractivity contribution >= 4 is 17.3 Å². The van der Waals surface area contributed by atoms with Gasteiger partial charge in [-0.1, -0.05) is 37.8 Å². The second-order valence-corrected chi connectivity index (χ2v) is 6.26. The molecule has 112 valence electrons. The Labute approximate surface area is 127 Å². The molecule has 20 heavy (non-hydrogen) atoms. The minimum absolute atomic E-state index is 0.470. The summed E-state index contributed by atoms with van der Waals surface area (Å²) in [5.41, 5.74) is 1.03. The number of hydrogen-bond donors (Lipinski definition) is 1. The van der Waals surface area contributed by atoms with Crippen LogP contribution in [0.25, 0.3) is 0 Å². The summed E-state index contributed by atoms with van der Waals surface area (Å²) in [5, 5.41) is 4.38. The number of anilines is 1. The van der Waals surface area contributed by atoms with Crippen LogP contribution in [-0.2, 0) is 0 Å². The van der Waals surface area contributed by atoms with Crippen molar-refractivity contribution in [3.05, 3.63) is 23.2 Å². The number of halogens is 1. The van der Waals surface area contributed by atoms with Gasteiger partial charge in [-0.3, -0.25) is 0 Å². The number of nitrogens with one attached hydrogen (secondary N) is 1. The van der Waals surface area contributed by atoms with Crippen LogP contribution in [0.2, 0.25) is 5.02 Å². The van der Waals surface area contributed by atoms with Crippen molar-refractivity contribution in [3.8, 4) is 5.75 Å². The van der Waals surface area contributed by atoms with E-state index in [2.05, 4.69) is 19.2 Å². The molecule has 1 aromatic carbocycles. The van der Waals surface area contributed by atoms with E-state index in [1.54, 1.807) is 0 Å². The smallest absolute Gasteiger partial charge is 0.142 e. The lowest BCUT2D eigenvalue weighted by Crippen LogP contribution is -2.27. The molecule has 0 aliphatic heterocycles. The van der Waals surface area contributed by atoms with Crippen LogP contribution in [0.5, 0.6) is 5.75 Å². The zero-order valence-electron chi connectivity index (χ0n) is 12.6. The van der Waals surface area contributed by atoms with Crippen LogP contribution in [0.3, 0.4) is 0 Å². The highest BCUT2D eigenvalue weighted by Crippen LogP contribution is 2.32. The summed E-state index contributed by atoms with van der Waals surface area (Å²) < 4.78 is 5.81. The van der Waals surface area contributed by atoms with E-state index in [4.69, 9.17) is 16.3 Å². The highest BCUT2D eigenvalue weighted by molar-refractivity contribution is 6.30. The van der Waals surface area contributed by atoms with Gasteiger partial charge >= 0.3 is 0 Å². The predicted octanol–water partition coefficient (Wildman–Crippen LogP) is 5.51.